The number of hydrogen-bond acceptors (Lipinski definition) is 6. The van der Waals surface area contributed by atoms with E-state index in [0.29, 0.717) is 38.0 Å². The van der Waals surface area contributed by atoms with E-state index in [1.165, 1.54) is 11.3 Å². The van der Waals surface area contributed by atoms with Gasteiger partial charge in [0.15, 0.2) is 4.80 Å². The van der Waals surface area contributed by atoms with Gasteiger partial charge in [0, 0.05) is 14.2 Å². The molecule has 10 heteroatoms. The summed E-state index contributed by atoms with van der Waals surface area (Å²) < 4.78 is 15.7. The molecule has 1 aliphatic rings. The molecule has 0 saturated carbocycles. The van der Waals surface area contributed by atoms with Gasteiger partial charge in [0.25, 0.3) is 5.56 Å². The van der Waals surface area contributed by atoms with Crippen molar-refractivity contribution in [1.82, 2.24) is 4.57 Å². The lowest BCUT2D eigenvalue weighted by atomic mass is 9.95. The Balaban J connectivity index is 1.65. The molecular weight excluding hydrogens is 786 g/mol. The molecule has 3 aromatic carbocycles. The minimum atomic E-state index is -0.650. The van der Waals surface area contributed by atoms with Crippen LogP contribution in [0.4, 0.5) is 0 Å². The van der Waals surface area contributed by atoms with Gasteiger partial charge >= 0.3 is 5.97 Å². The summed E-state index contributed by atoms with van der Waals surface area (Å²) in [5.41, 5.74) is 4.29. The van der Waals surface area contributed by atoms with Gasteiger partial charge in [-0.05, 0) is 107 Å². The topological polar surface area (TPSA) is 69.9 Å². The molecule has 0 radical (unpaired) electrons. The van der Waals surface area contributed by atoms with E-state index in [-0.39, 0.29) is 12.2 Å². The van der Waals surface area contributed by atoms with Gasteiger partial charge in [-0.15, -0.1) is 0 Å². The Morgan fingerprint density at radius 2 is 1.88 bits per heavy atom. The molecule has 0 fully saturated rings. The van der Waals surface area contributed by atoms with Gasteiger partial charge in [-0.2, -0.15) is 0 Å². The average molecular weight is 811 g/mol. The van der Waals surface area contributed by atoms with Crippen LogP contribution in [0.3, 0.4) is 0 Å². The van der Waals surface area contributed by atoms with Gasteiger partial charge in [-0.1, -0.05) is 64.9 Å². The Bertz CT molecular complexity index is 1860. The molecule has 0 N–H and O–H groups in total. The van der Waals surface area contributed by atoms with Crippen LogP contribution in [0.15, 0.2) is 81.7 Å². The minimum Gasteiger partial charge on any atom is -0.487 e. The number of carbonyl (C=O) groups is 1. The summed E-state index contributed by atoms with van der Waals surface area (Å²) in [5, 5.41) is 0.644. The number of allylic oxidation sites excluding steroid dienone is 1. The van der Waals surface area contributed by atoms with Crippen molar-refractivity contribution in [2.75, 3.05) is 6.61 Å². The Labute approximate surface area is 273 Å². The van der Waals surface area contributed by atoms with Crippen LogP contribution in [0.2, 0.25) is 5.02 Å². The van der Waals surface area contributed by atoms with Crippen LogP contribution in [0.5, 0.6) is 5.75 Å². The SMILES string of the molecule is CCOC(=O)C1=C(C)N=c2s/c(=C\c3cc(I)cc(I)c3OCc3cccc(Cl)c3)c(=O)n2[C@H]1c1ccc(C)cc1. The Hall–Kier alpha value is -2.48. The summed E-state index contributed by atoms with van der Waals surface area (Å²) in [4.78, 5) is 32.4. The van der Waals surface area contributed by atoms with Gasteiger partial charge in [-0.3, -0.25) is 9.36 Å². The van der Waals surface area contributed by atoms with Crippen molar-refractivity contribution >= 4 is 80.2 Å². The highest BCUT2D eigenvalue weighted by Crippen LogP contribution is 2.32. The second-order valence-electron chi connectivity index (χ2n) is 9.44. The smallest absolute Gasteiger partial charge is 0.338 e. The lowest BCUT2D eigenvalue weighted by Crippen LogP contribution is -2.39. The van der Waals surface area contributed by atoms with E-state index >= 15 is 0 Å². The fourth-order valence-corrected chi connectivity index (χ4v) is 7.91. The highest BCUT2D eigenvalue weighted by atomic mass is 127. The zero-order valence-electron chi connectivity index (χ0n) is 22.4. The molecule has 1 aromatic heterocycles. The number of aromatic nitrogens is 1. The van der Waals surface area contributed by atoms with E-state index in [1.54, 1.807) is 18.4 Å². The largest absolute Gasteiger partial charge is 0.487 e. The van der Waals surface area contributed by atoms with Crippen LogP contribution in [0, 0.1) is 14.1 Å². The van der Waals surface area contributed by atoms with Crippen molar-refractivity contribution in [1.29, 1.82) is 0 Å². The molecule has 0 saturated heterocycles. The first-order chi connectivity index (χ1) is 19.7. The van der Waals surface area contributed by atoms with E-state index in [1.807, 2.05) is 73.7 Å². The molecule has 5 rings (SSSR count). The predicted molar refractivity (Wildman–Crippen MR) is 179 cm³/mol. The van der Waals surface area contributed by atoms with Crippen molar-refractivity contribution in [3.05, 3.63) is 126 Å². The molecule has 41 heavy (non-hydrogen) atoms. The van der Waals surface area contributed by atoms with E-state index in [0.717, 1.165) is 29.4 Å². The molecule has 0 spiro atoms. The number of thiazole rings is 1. The predicted octanol–water partition coefficient (Wildman–Crippen LogP) is 6.55. The highest BCUT2D eigenvalue weighted by Gasteiger charge is 2.33. The number of nitrogens with zero attached hydrogens (tertiary/aromatic N) is 2. The number of carbonyl (C=O) groups excluding carboxylic acids is 1. The summed E-state index contributed by atoms with van der Waals surface area (Å²) in [7, 11) is 0. The molecule has 0 bridgehead atoms. The molecule has 6 nitrogen and oxygen atoms in total. The number of aryl methyl sites for hydroxylation is 1. The number of ether oxygens (including phenoxy) is 2. The first-order valence-corrected chi connectivity index (χ1v) is 16.1. The minimum absolute atomic E-state index is 0.226. The first kappa shape index (κ1) is 30.0. The Kier molecular flexibility index (Phi) is 9.37. The van der Waals surface area contributed by atoms with Crippen LogP contribution in [-0.2, 0) is 16.1 Å². The number of fused-ring (bicyclic) bond motifs is 1. The number of esters is 1. The van der Waals surface area contributed by atoms with Crippen molar-refractivity contribution in [3.63, 3.8) is 0 Å². The molecule has 0 unspecified atom stereocenters. The molecule has 1 atom stereocenters. The van der Waals surface area contributed by atoms with Crippen LogP contribution in [0.25, 0.3) is 6.08 Å². The van der Waals surface area contributed by atoms with Crippen LogP contribution < -0.4 is 19.6 Å². The summed E-state index contributed by atoms with van der Waals surface area (Å²) in [6, 6.07) is 18.7. The molecule has 0 amide bonds. The normalized spacial score (nSPS) is 15.0. The van der Waals surface area contributed by atoms with Gasteiger partial charge in [0.1, 0.15) is 12.4 Å². The maximum absolute atomic E-state index is 14.0. The van der Waals surface area contributed by atoms with Gasteiger partial charge in [0.2, 0.25) is 0 Å². The van der Waals surface area contributed by atoms with Gasteiger partial charge in [0.05, 0.1) is 32.0 Å². The van der Waals surface area contributed by atoms with Gasteiger partial charge in [-0.25, -0.2) is 9.79 Å². The number of halogens is 3. The third-order valence-corrected chi connectivity index (χ3v) is 9.15. The van der Waals surface area contributed by atoms with Gasteiger partial charge < -0.3 is 9.47 Å². The Morgan fingerprint density at radius 1 is 1.12 bits per heavy atom. The summed E-state index contributed by atoms with van der Waals surface area (Å²) in [6.45, 7) is 6.10. The zero-order chi connectivity index (χ0) is 29.3. The van der Waals surface area contributed by atoms with E-state index in [4.69, 9.17) is 21.1 Å². The molecular formula is C31H25ClI2N2O4S. The Morgan fingerprint density at radius 3 is 2.59 bits per heavy atom. The van der Waals surface area contributed by atoms with Crippen molar-refractivity contribution in [2.45, 2.75) is 33.4 Å². The van der Waals surface area contributed by atoms with Crippen LogP contribution in [-0.4, -0.2) is 17.1 Å². The quantitative estimate of drug-likeness (QED) is 0.157. The lowest BCUT2D eigenvalue weighted by molar-refractivity contribution is -0.139. The standard InChI is InChI=1S/C31H25ClI2N2O4S/c1-4-39-30(38)26-18(3)35-31-36(27(26)20-10-8-17(2)9-11-20)29(37)25(41-31)14-21-13-23(33)15-24(34)28(21)40-16-19-6-5-7-22(32)12-19/h5-15,27H,4,16H2,1-3H3/b25-14-/t27-/m0/s1. The maximum atomic E-state index is 14.0. The molecule has 4 aromatic rings. The van der Waals surface area contributed by atoms with Crippen LogP contribution >= 0.6 is 68.1 Å². The lowest BCUT2D eigenvalue weighted by Gasteiger charge is -2.24. The molecule has 210 valence electrons. The first-order valence-electron chi connectivity index (χ1n) is 12.8. The second-order valence-corrected chi connectivity index (χ2v) is 13.3. The maximum Gasteiger partial charge on any atom is 0.338 e. The van der Waals surface area contributed by atoms with E-state index in [9.17, 15) is 9.59 Å². The third-order valence-electron chi connectivity index (χ3n) is 6.51. The highest BCUT2D eigenvalue weighted by molar-refractivity contribution is 14.1. The van der Waals surface area contributed by atoms with Crippen molar-refractivity contribution in [3.8, 4) is 5.75 Å². The van der Waals surface area contributed by atoms with Crippen molar-refractivity contribution in [2.24, 2.45) is 4.99 Å². The van der Waals surface area contributed by atoms with Crippen LogP contribution in [0.1, 0.15) is 42.1 Å². The molecule has 0 aliphatic carbocycles. The fourth-order valence-electron chi connectivity index (χ4n) is 4.62. The number of rotatable bonds is 7. The number of hydrogen-bond donors (Lipinski definition) is 0. The average Bonchev–Trinajstić information content (AvgIpc) is 3.22. The van der Waals surface area contributed by atoms with E-state index < -0.39 is 12.0 Å². The zero-order valence-corrected chi connectivity index (χ0v) is 28.3. The number of benzene rings is 3. The molecule has 2 heterocycles. The third kappa shape index (κ3) is 6.47. The van der Waals surface area contributed by atoms with Crippen molar-refractivity contribution < 1.29 is 14.3 Å². The molecule has 1 aliphatic heterocycles. The second kappa shape index (κ2) is 12.8. The summed E-state index contributed by atoms with van der Waals surface area (Å²) in [6.07, 6.45) is 1.84. The monoisotopic (exact) mass is 810 g/mol. The fraction of sp³-hybridized carbons (Fsp3) is 0.194. The summed E-state index contributed by atoms with van der Waals surface area (Å²) in [5.74, 6) is 0.202. The summed E-state index contributed by atoms with van der Waals surface area (Å²) >= 11 is 12.0. The van der Waals surface area contributed by atoms with E-state index in [2.05, 4.69) is 50.2 Å².